The molecule has 0 saturated carbocycles. The van der Waals surface area contributed by atoms with Crippen LogP contribution in [0.15, 0.2) is 0 Å². The third-order valence-corrected chi connectivity index (χ3v) is 1.58. The van der Waals surface area contributed by atoms with Crippen LogP contribution in [0.5, 0.6) is 0 Å². The molecule has 0 amide bonds. The first-order chi connectivity index (χ1) is 5.29. The Balaban J connectivity index is 0.000000461. The van der Waals surface area contributed by atoms with Gasteiger partial charge in [0.05, 0.1) is 0 Å². The van der Waals surface area contributed by atoms with E-state index in [0.717, 1.165) is 26.5 Å². The first-order valence-electron chi connectivity index (χ1n) is 3.67. The molecule has 1 saturated heterocycles. The zero-order valence-electron chi connectivity index (χ0n) is 6.67. The van der Waals surface area contributed by atoms with E-state index in [1.54, 1.807) is 0 Å². The number of aliphatic carboxylic acids is 1. The molecule has 2 N–H and O–H groups in total. The van der Waals surface area contributed by atoms with Crippen LogP contribution in [0.4, 0.5) is 0 Å². The second kappa shape index (κ2) is 6.12. The molecule has 1 atom stereocenters. The highest BCUT2D eigenvalue weighted by atomic mass is 16.4. The summed E-state index contributed by atoms with van der Waals surface area (Å²) in [4.78, 5) is 10.0. The quantitative estimate of drug-likeness (QED) is 0.515. The monoisotopic (exact) mass is 160 g/mol. The molecule has 0 aromatic carbocycles. The summed E-state index contributed by atoms with van der Waals surface area (Å²) in [6.45, 7) is 0.956. The van der Waals surface area contributed by atoms with Gasteiger partial charge in [-0.25, -0.2) is 0 Å². The number of carboxylic acids is 1. The lowest BCUT2D eigenvalue weighted by Crippen LogP contribution is -2.32. The summed E-state index contributed by atoms with van der Waals surface area (Å²) < 4.78 is 0. The number of aliphatic hydroxyl groups is 1. The van der Waals surface area contributed by atoms with Gasteiger partial charge in [0.2, 0.25) is 0 Å². The van der Waals surface area contributed by atoms with E-state index in [9.17, 15) is 9.90 Å². The van der Waals surface area contributed by atoms with Gasteiger partial charge in [0.25, 0.3) is 0 Å². The number of carbonyl (C=O) groups is 1. The van der Waals surface area contributed by atoms with Crippen LogP contribution in [-0.2, 0) is 4.79 Å². The standard InChI is InChI=1S/C6H11NO2.CH4O/c8-6(9)4-5-2-1-3-7-5;1-2/h5,7H,1-4H2,(H,8,9);2H,1H3/p-1. The summed E-state index contributed by atoms with van der Waals surface area (Å²) in [6, 6.07) is 0.176. The highest BCUT2D eigenvalue weighted by Crippen LogP contribution is 2.06. The zero-order chi connectivity index (χ0) is 8.69. The van der Waals surface area contributed by atoms with Crippen LogP contribution < -0.4 is 10.4 Å². The van der Waals surface area contributed by atoms with Crippen molar-refractivity contribution in [2.24, 2.45) is 0 Å². The fraction of sp³-hybridized carbons (Fsp3) is 0.857. The highest BCUT2D eigenvalue weighted by Gasteiger charge is 2.12. The zero-order valence-corrected chi connectivity index (χ0v) is 6.67. The Labute approximate surface area is 66.2 Å². The van der Waals surface area contributed by atoms with E-state index in [1.807, 2.05) is 0 Å². The predicted molar refractivity (Wildman–Crippen MR) is 38.8 cm³/mol. The molecule has 1 heterocycles. The maximum Gasteiger partial charge on any atom is 0.0429 e. The number of carboxylic acid groups (broad SMARTS) is 1. The summed E-state index contributed by atoms with van der Waals surface area (Å²) >= 11 is 0. The minimum Gasteiger partial charge on any atom is -0.550 e. The molecule has 66 valence electrons. The Morgan fingerprint density at radius 1 is 1.73 bits per heavy atom. The van der Waals surface area contributed by atoms with Crippen LogP contribution in [-0.4, -0.2) is 30.8 Å². The molecule has 1 aliphatic heterocycles. The van der Waals surface area contributed by atoms with Gasteiger partial charge in [-0.3, -0.25) is 0 Å². The molecule has 0 aromatic heterocycles. The summed E-state index contributed by atoms with van der Waals surface area (Å²) in [6.07, 6.45) is 2.24. The molecule has 1 unspecified atom stereocenters. The van der Waals surface area contributed by atoms with E-state index in [1.165, 1.54) is 0 Å². The molecule has 1 fully saturated rings. The average Bonchev–Trinajstić information content (AvgIpc) is 2.43. The maximum atomic E-state index is 10.0. The van der Waals surface area contributed by atoms with Gasteiger partial charge in [0.15, 0.2) is 0 Å². The van der Waals surface area contributed by atoms with E-state index in [-0.39, 0.29) is 12.5 Å². The average molecular weight is 160 g/mol. The van der Waals surface area contributed by atoms with Gasteiger partial charge in [-0.1, -0.05) is 0 Å². The molecule has 0 aliphatic carbocycles. The van der Waals surface area contributed by atoms with E-state index in [2.05, 4.69) is 5.32 Å². The van der Waals surface area contributed by atoms with Gasteiger partial charge >= 0.3 is 0 Å². The van der Waals surface area contributed by atoms with Gasteiger partial charge in [-0.05, 0) is 19.4 Å². The normalized spacial score (nSPS) is 22.2. The number of hydrogen-bond acceptors (Lipinski definition) is 4. The first-order valence-corrected chi connectivity index (χ1v) is 3.67. The largest absolute Gasteiger partial charge is 0.550 e. The molecule has 4 heteroatoms. The number of aliphatic hydroxyl groups excluding tert-OH is 1. The molecule has 1 aliphatic rings. The smallest absolute Gasteiger partial charge is 0.0429 e. The van der Waals surface area contributed by atoms with Gasteiger partial charge in [-0.15, -0.1) is 0 Å². The van der Waals surface area contributed by atoms with Crippen molar-refractivity contribution in [2.75, 3.05) is 13.7 Å². The Morgan fingerprint density at radius 3 is 2.73 bits per heavy atom. The van der Waals surface area contributed by atoms with Crippen molar-refractivity contribution < 1.29 is 15.0 Å². The number of hydrogen-bond donors (Lipinski definition) is 2. The van der Waals surface area contributed by atoms with Gasteiger partial charge in [-0.2, -0.15) is 0 Å². The van der Waals surface area contributed by atoms with Crippen LogP contribution in [0.3, 0.4) is 0 Å². The number of nitrogens with one attached hydrogen (secondary N) is 1. The number of rotatable bonds is 2. The van der Waals surface area contributed by atoms with Crippen molar-refractivity contribution in [3.05, 3.63) is 0 Å². The Hall–Kier alpha value is -0.610. The van der Waals surface area contributed by atoms with Crippen LogP contribution in [0, 0.1) is 0 Å². The summed E-state index contributed by atoms with van der Waals surface area (Å²) in [5.41, 5.74) is 0. The lowest BCUT2D eigenvalue weighted by molar-refractivity contribution is -0.306. The second-order valence-electron chi connectivity index (χ2n) is 2.37. The SMILES string of the molecule is CO.O=C([O-])CC1CCCN1. The van der Waals surface area contributed by atoms with Crippen molar-refractivity contribution in [2.45, 2.75) is 25.3 Å². The van der Waals surface area contributed by atoms with Crippen LogP contribution >= 0.6 is 0 Å². The molecular weight excluding hydrogens is 146 g/mol. The fourth-order valence-corrected chi connectivity index (χ4v) is 1.13. The van der Waals surface area contributed by atoms with Crippen LogP contribution in [0.2, 0.25) is 0 Å². The van der Waals surface area contributed by atoms with E-state index >= 15 is 0 Å². The van der Waals surface area contributed by atoms with Crippen molar-refractivity contribution in [1.29, 1.82) is 0 Å². The van der Waals surface area contributed by atoms with Crippen LogP contribution in [0.1, 0.15) is 19.3 Å². The molecule has 0 bridgehead atoms. The van der Waals surface area contributed by atoms with Gasteiger partial charge < -0.3 is 20.3 Å². The first kappa shape index (κ1) is 10.4. The highest BCUT2D eigenvalue weighted by molar-refractivity contribution is 5.65. The van der Waals surface area contributed by atoms with E-state index in [0.29, 0.717) is 0 Å². The minimum absolute atomic E-state index is 0.167. The van der Waals surface area contributed by atoms with Crippen molar-refractivity contribution in [3.8, 4) is 0 Å². The van der Waals surface area contributed by atoms with Crippen molar-refractivity contribution >= 4 is 5.97 Å². The van der Waals surface area contributed by atoms with E-state index in [4.69, 9.17) is 5.11 Å². The Morgan fingerprint density at radius 2 is 2.36 bits per heavy atom. The molecule has 1 rings (SSSR count). The second-order valence-corrected chi connectivity index (χ2v) is 2.37. The lowest BCUT2D eigenvalue weighted by atomic mass is 10.2. The van der Waals surface area contributed by atoms with E-state index < -0.39 is 5.97 Å². The molecule has 0 radical (unpaired) electrons. The van der Waals surface area contributed by atoms with Gasteiger partial charge in [0, 0.05) is 25.5 Å². The minimum atomic E-state index is -0.950. The molecule has 11 heavy (non-hydrogen) atoms. The third-order valence-electron chi connectivity index (χ3n) is 1.58. The molecule has 4 nitrogen and oxygen atoms in total. The third kappa shape index (κ3) is 4.75. The molecular formula is C7H14NO3-. The summed E-state index contributed by atoms with van der Waals surface area (Å²) in [5.74, 6) is -0.950. The Kier molecular flexibility index (Phi) is 5.78. The molecule has 0 aromatic rings. The maximum absolute atomic E-state index is 10.0. The fourth-order valence-electron chi connectivity index (χ4n) is 1.13. The van der Waals surface area contributed by atoms with Crippen molar-refractivity contribution in [3.63, 3.8) is 0 Å². The van der Waals surface area contributed by atoms with Gasteiger partial charge in [0.1, 0.15) is 0 Å². The lowest BCUT2D eigenvalue weighted by Gasteiger charge is -2.08. The topological polar surface area (TPSA) is 72.4 Å². The summed E-state index contributed by atoms with van der Waals surface area (Å²) in [7, 11) is 1.00. The Bertz CT molecular complexity index is 110. The molecule has 0 spiro atoms. The predicted octanol–water partition coefficient (Wildman–Crippen LogP) is -1.51. The number of carbonyl (C=O) groups excluding carboxylic acids is 1. The summed E-state index contributed by atoms with van der Waals surface area (Å²) in [5, 5.41) is 20.1. The van der Waals surface area contributed by atoms with Crippen LogP contribution in [0.25, 0.3) is 0 Å². The van der Waals surface area contributed by atoms with Crippen molar-refractivity contribution in [1.82, 2.24) is 5.32 Å².